The maximum atomic E-state index is 13.1. The lowest BCUT2D eigenvalue weighted by Crippen LogP contribution is -2.32. The minimum absolute atomic E-state index is 0.629. The van der Waals surface area contributed by atoms with E-state index in [-0.39, 0.29) is 0 Å². The van der Waals surface area contributed by atoms with Crippen LogP contribution in [0.2, 0.25) is 0 Å². The zero-order chi connectivity index (χ0) is 14.9. The Balaban J connectivity index is 2.26. The molecule has 0 saturated carbocycles. The van der Waals surface area contributed by atoms with Crippen molar-refractivity contribution in [1.29, 1.82) is 0 Å². The van der Waals surface area contributed by atoms with Gasteiger partial charge in [0.2, 0.25) is 0 Å². The molecule has 0 aliphatic rings. The molecule has 0 saturated heterocycles. The molecule has 1 nitrogen and oxygen atoms in total. The zero-order valence-corrected chi connectivity index (χ0v) is 13.8. The predicted octanol–water partition coefficient (Wildman–Crippen LogP) is 4.62. The highest BCUT2D eigenvalue weighted by atomic mass is 32.1. The summed E-state index contributed by atoms with van der Waals surface area (Å²) in [7, 11) is -3.10. The fraction of sp³-hybridized carbons (Fsp3) is 0.0769. The first kappa shape index (κ1) is 15.2. The molecule has 0 fully saturated rings. The Hall–Kier alpha value is -0.720. The third kappa shape index (κ3) is 2.94. The van der Waals surface area contributed by atoms with E-state index in [1.807, 2.05) is 0 Å². The second-order valence-electron chi connectivity index (χ2n) is 4.00. The Morgan fingerprint density at radius 1 is 0.762 bits per heavy atom. The van der Waals surface area contributed by atoms with Gasteiger partial charge in [-0.3, -0.25) is 0 Å². The molecule has 3 aromatic heterocycles. The van der Waals surface area contributed by atoms with Crippen molar-refractivity contribution < 1.29 is 17.7 Å². The Bertz CT molecular complexity index is 591. The van der Waals surface area contributed by atoms with Gasteiger partial charge in [0, 0.05) is 0 Å². The summed E-state index contributed by atoms with van der Waals surface area (Å²) < 4.78 is 46.1. The van der Waals surface area contributed by atoms with E-state index < -0.39 is 13.9 Å². The van der Waals surface area contributed by atoms with Crippen LogP contribution in [0.25, 0.3) is 0 Å². The highest BCUT2D eigenvalue weighted by Gasteiger charge is 2.59. The summed E-state index contributed by atoms with van der Waals surface area (Å²) in [5.41, 5.74) is 0. The van der Waals surface area contributed by atoms with Crippen LogP contribution >= 0.6 is 41.5 Å². The number of halogens is 3. The number of thiophene rings is 3. The maximum absolute atomic E-state index is 13.1. The summed E-state index contributed by atoms with van der Waals surface area (Å²) in [6.07, 6.45) is -4.69. The highest BCUT2D eigenvalue weighted by Crippen LogP contribution is 2.62. The van der Waals surface area contributed by atoms with Crippen molar-refractivity contribution in [3.05, 3.63) is 52.5 Å². The SMILES string of the molecule is FC(F)(F)O[P+](c1cccs1)(c1cccs1)c1cccs1. The molecule has 110 valence electrons. The van der Waals surface area contributed by atoms with Crippen LogP contribution in [0.4, 0.5) is 13.2 Å². The molecule has 8 heteroatoms. The molecular formula is C13H9F3OPS3+. The van der Waals surface area contributed by atoms with Crippen molar-refractivity contribution in [2.45, 2.75) is 6.36 Å². The molecule has 0 aliphatic carbocycles. The van der Waals surface area contributed by atoms with Crippen molar-refractivity contribution in [3.63, 3.8) is 0 Å². The molecule has 3 rings (SSSR count). The van der Waals surface area contributed by atoms with E-state index in [9.17, 15) is 13.2 Å². The van der Waals surface area contributed by atoms with Gasteiger partial charge in [-0.15, -0.1) is 51.7 Å². The summed E-state index contributed by atoms with van der Waals surface area (Å²) >= 11 is 3.91. The molecule has 0 radical (unpaired) electrons. The van der Waals surface area contributed by atoms with Gasteiger partial charge < -0.3 is 0 Å². The maximum Gasteiger partial charge on any atom is 0.557 e. The predicted molar refractivity (Wildman–Crippen MR) is 85.9 cm³/mol. The van der Waals surface area contributed by atoms with Gasteiger partial charge in [0.05, 0.1) is 0 Å². The number of alkyl halides is 3. The minimum atomic E-state index is -4.69. The van der Waals surface area contributed by atoms with Gasteiger partial charge in [0.25, 0.3) is 7.49 Å². The van der Waals surface area contributed by atoms with Gasteiger partial charge in [-0.05, 0) is 52.5 Å². The normalized spacial score (nSPS) is 12.7. The van der Waals surface area contributed by atoms with Crippen LogP contribution in [-0.4, -0.2) is 6.36 Å². The second kappa shape index (κ2) is 5.82. The van der Waals surface area contributed by atoms with Crippen LogP contribution in [0, 0.1) is 0 Å². The number of rotatable bonds is 4. The molecule has 21 heavy (non-hydrogen) atoms. The van der Waals surface area contributed by atoms with E-state index in [0.717, 1.165) is 0 Å². The first-order valence-corrected chi connectivity index (χ1v) is 10.2. The summed E-state index contributed by atoms with van der Waals surface area (Å²) in [4.78, 5) is 0. The lowest BCUT2D eigenvalue weighted by Gasteiger charge is -2.21. The molecule has 0 bridgehead atoms. The Morgan fingerprint density at radius 3 is 1.38 bits per heavy atom. The standard InChI is InChI=1S/C13H9F3OPS3/c14-13(15,16)17-18(10-4-1-7-19-10,11-5-2-8-20-11)12-6-3-9-21-12/h1-9H/q+1. The third-order valence-corrected chi connectivity index (χ3v) is 10.8. The Labute approximate surface area is 132 Å². The average molecular weight is 365 g/mol. The van der Waals surface area contributed by atoms with E-state index in [1.54, 1.807) is 52.5 Å². The fourth-order valence-corrected chi connectivity index (χ4v) is 10.4. The molecule has 0 spiro atoms. The van der Waals surface area contributed by atoms with E-state index >= 15 is 0 Å². The Morgan fingerprint density at radius 2 is 1.14 bits per heavy atom. The van der Waals surface area contributed by atoms with Crippen LogP contribution in [0.15, 0.2) is 52.5 Å². The van der Waals surface area contributed by atoms with Crippen LogP contribution in [0.1, 0.15) is 0 Å². The lowest BCUT2D eigenvalue weighted by atomic mass is 10.7. The molecule has 0 amide bonds. The quantitative estimate of drug-likeness (QED) is 0.613. The summed E-state index contributed by atoms with van der Waals surface area (Å²) in [5, 5.41) is 5.35. The molecule has 0 atom stereocenters. The summed E-state index contributed by atoms with van der Waals surface area (Å²) in [6.45, 7) is 0. The molecule has 3 heterocycles. The summed E-state index contributed by atoms with van der Waals surface area (Å²) in [5.74, 6) is 0. The van der Waals surface area contributed by atoms with Crippen LogP contribution in [0.3, 0.4) is 0 Å². The van der Waals surface area contributed by atoms with Crippen LogP contribution in [0.5, 0.6) is 0 Å². The fourth-order valence-electron chi connectivity index (χ4n) is 1.96. The van der Waals surface area contributed by atoms with E-state index in [4.69, 9.17) is 4.52 Å². The molecule has 3 aromatic rings. The average Bonchev–Trinajstić information content (AvgIpc) is 3.15. The van der Waals surface area contributed by atoms with Gasteiger partial charge >= 0.3 is 6.36 Å². The second-order valence-corrected chi connectivity index (χ2v) is 10.6. The van der Waals surface area contributed by atoms with Crippen molar-refractivity contribution in [2.75, 3.05) is 0 Å². The first-order valence-electron chi connectivity index (χ1n) is 5.81. The topological polar surface area (TPSA) is 9.23 Å². The lowest BCUT2D eigenvalue weighted by molar-refractivity contribution is -0.271. The molecule has 0 unspecified atom stereocenters. The molecular weight excluding hydrogens is 356 g/mol. The van der Waals surface area contributed by atoms with Gasteiger partial charge in [-0.2, -0.15) is 0 Å². The monoisotopic (exact) mass is 365 g/mol. The molecule has 0 N–H and O–H groups in total. The number of hydrogen-bond acceptors (Lipinski definition) is 4. The van der Waals surface area contributed by atoms with Crippen molar-refractivity contribution in [3.8, 4) is 0 Å². The number of hydrogen-bond donors (Lipinski definition) is 0. The van der Waals surface area contributed by atoms with Crippen LogP contribution < -0.4 is 13.9 Å². The van der Waals surface area contributed by atoms with Crippen molar-refractivity contribution in [1.82, 2.24) is 0 Å². The van der Waals surface area contributed by atoms with Gasteiger partial charge in [-0.25, -0.2) is 0 Å². The zero-order valence-electron chi connectivity index (χ0n) is 10.4. The smallest absolute Gasteiger partial charge is 0.141 e. The first-order chi connectivity index (χ1) is 10.0. The molecule has 0 aromatic carbocycles. The van der Waals surface area contributed by atoms with Crippen molar-refractivity contribution in [2.24, 2.45) is 0 Å². The molecule has 0 aliphatic heterocycles. The third-order valence-electron chi connectivity index (χ3n) is 2.69. The highest BCUT2D eigenvalue weighted by molar-refractivity contribution is 8.00. The van der Waals surface area contributed by atoms with Gasteiger partial charge in [0.1, 0.15) is 0 Å². The van der Waals surface area contributed by atoms with Crippen LogP contribution in [-0.2, 0) is 4.52 Å². The van der Waals surface area contributed by atoms with E-state index in [1.165, 1.54) is 34.0 Å². The summed E-state index contributed by atoms with van der Waals surface area (Å²) in [6, 6.07) is 10.5. The van der Waals surface area contributed by atoms with E-state index in [0.29, 0.717) is 13.9 Å². The minimum Gasteiger partial charge on any atom is -0.141 e. The van der Waals surface area contributed by atoms with Gasteiger partial charge in [-0.1, -0.05) is 0 Å². The van der Waals surface area contributed by atoms with E-state index in [2.05, 4.69) is 0 Å². The Kier molecular flexibility index (Phi) is 4.21. The van der Waals surface area contributed by atoms with Gasteiger partial charge in [0.15, 0.2) is 13.9 Å². The van der Waals surface area contributed by atoms with Crippen molar-refractivity contribution >= 4 is 55.4 Å². The largest absolute Gasteiger partial charge is 0.557 e.